The molecule has 1 aliphatic heterocycles. The second-order valence-electron chi connectivity index (χ2n) is 7.24. The van der Waals surface area contributed by atoms with Crippen molar-refractivity contribution >= 4 is 5.91 Å². The molecule has 1 aliphatic carbocycles. The SMILES string of the molecule is O=C(c1ncc(F)cc1F)N1CC2CCC[C@](O)(c3ccccc3)C2C1. The molecule has 1 saturated heterocycles. The maximum absolute atomic E-state index is 13.9. The number of halogens is 2. The van der Waals surface area contributed by atoms with Gasteiger partial charge in [0.05, 0.1) is 11.8 Å². The minimum absolute atomic E-state index is 0.105. The molecule has 6 heteroatoms. The standard InChI is InChI=1S/C20H20F2N2O2/c21-15-9-17(22)18(23-10-15)19(25)24-11-13-5-4-8-20(26,16(13)12-24)14-6-2-1-3-7-14/h1-3,6-7,9-10,13,16,26H,4-5,8,11-12H2/t13?,16?,20-/m0/s1. The zero-order valence-electron chi connectivity index (χ0n) is 14.2. The summed E-state index contributed by atoms with van der Waals surface area (Å²) in [4.78, 5) is 17.9. The van der Waals surface area contributed by atoms with Crippen LogP contribution in [0, 0.1) is 23.5 Å². The molecule has 0 radical (unpaired) electrons. The topological polar surface area (TPSA) is 53.4 Å². The summed E-state index contributed by atoms with van der Waals surface area (Å²) in [5.41, 5.74) is -0.503. The third-order valence-corrected chi connectivity index (χ3v) is 5.76. The highest BCUT2D eigenvalue weighted by Gasteiger charge is 2.50. The van der Waals surface area contributed by atoms with E-state index in [1.54, 1.807) is 0 Å². The molecule has 2 aromatic rings. The van der Waals surface area contributed by atoms with Gasteiger partial charge in [-0.25, -0.2) is 13.8 Å². The predicted molar refractivity (Wildman–Crippen MR) is 91.2 cm³/mol. The smallest absolute Gasteiger partial charge is 0.275 e. The first kappa shape index (κ1) is 17.1. The second-order valence-corrected chi connectivity index (χ2v) is 7.24. The molecule has 2 unspecified atom stereocenters. The fraction of sp³-hybridized carbons (Fsp3) is 0.400. The summed E-state index contributed by atoms with van der Waals surface area (Å²) in [7, 11) is 0. The number of likely N-dealkylation sites (tertiary alicyclic amines) is 1. The van der Waals surface area contributed by atoms with Crippen molar-refractivity contribution in [2.24, 2.45) is 11.8 Å². The lowest BCUT2D eigenvalue weighted by molar-refractivity contribution is -0.0644. The van der Waals surface area contributed by atoms with Crippen LogP contribution in [0.5, 0.6) is 0 Å². The maximum atomic E-state index is 13.9. The highest BCUT2D eigenvalue weighted by Crippen LogP contribution is 2.48. The van der Waals surface area contributed by atoms with E-state index in [9.17, 15) is 18.7 Å². The molecule has 3 atom stereocenters. The summed E-state index contributed by atoms with van der Waals surface area (Å²) in [6.07, 6.45) is 3.28. The Hall–Kier alpha value is -2.34. The molecule has 26 heavy (non-hydrogen) atoms. The third-order valence-electron chi connectivity index (χ3n) is 5.76. The number of aliphatic hydroxyl groups is 1. The normalized spacial score (nSPS) is 28.0. The monoisotopic (exact) mass is 358 g/mol. The van der Waals surface area contributed by atoms with Crippen LogP contribution in [0.4, 0.5) is 8.78 Å². The van der Waals surface area contributed by atoms with E-state index < -0.39 is 23.1 Å². The van der Waals surface area contributed by atoms with Gasteiger partial charge in [-0.2, -0.15) is 0 Å². The van der Waals surface area contributed by atoms with Crippen molar-refractivity contribution in [3.8, 4) is 0 Å². The number of amides is 1. The van der Waals surface area contributed by atoms with Crippen LogP contribution in [0.1, 0.15) is 35.3 Å². The number of aromatic nitrogens is 1. The van der Waals surface area contributed by atoms with Gasteiger partial charge in [-0.1, -0.05) is 30.3 Å². The molecule has 4 nitrogen and oxygen atoms in total. The lowest BCUT2D eigenvalue weighted by Gasteiger charge is -2.41. The molecule has 1 aromatic carbocycles. The first-order valence-electron chi connectivity index (χ1n) is 8.87. The van der Waals surface area contributed by atoms with Gasteiger partial charge in [-0.05, 0) is 30.7 Å². The van der Waals surface area contributed by atoms with Gasteiger partial charge in [-0.3, -0.25) is 4.79 Å². The number of carbonyl (C=O) groups is 1. The zero-order valence-corrected chi connectivity index (χ0v) is 14.2. The van der Waals surface area contributed by atoms with Crippen molar-refractivity contribution in [3.63, 3.8) is 0 Å². The highest BCUT2D eigenvalue weighted by atomic mass is 19.1. The minimum atomic E-state index is -0.992. The van der Waals surface area contributed by atoms with Crippen molar-refractivity contribution in [3.05, 3.63) is 65.5 Å². The third kappa shape index (κ3) is 2.78. The van der Waals surface area contributed by atoms with Crippen LogP contribution in [0.25, 0.3) is 0 Å². The van der Waals surface area contributed by atoms with Crippen LogP contribution in [-0.2, 0) is 5.60 Å². The van der Waals surface area contributed by atoms with Crippen molar-refractivity contribution < 1.29 is 18.7 Å². The number of benzene rings is 1. The molecule has 4 rings (SSSR count). The van der Waals surface area contributed by atoms with Crippen molar-refractivity contribution in [2.45, 2.75) is 24.9 Å². The number of carbonyl (C=O) groups excluding carboxylic acids is 1. The molecular formula is C20H20F2N2O2. The number of hydrogen-bond donors (Lipinski definition) is 1. The van der Waals surface area contributed by atoms with Gasteiger partial charge >= 0.3 is 0 Å². The molecule has 2 heterocycles. The van der Waals surface area contributed by atoms with E-state index in [-0.39, 0.29) is 17.5 Å². The van der Waals surface area contributed by atoms with Crippen LogP contribution >= 0.6 is 0 Å². The summed E-state index contributed by atoms with van der Waals surface area (Å²) in [5.74, 6) is -2.27. The van der Waals surface area contributed by atoms with Gasteiger partial charge in [0.2, 0.25) is 0 Å². The minimum Gasteiger partial charge on any atom is -0.385 e. The Morgan fingerprint density at radius 3 is 2.73 bits per heavy atom. The van der Waals surface area contributed by atoms with E-state index in [2.05, 4.69) is 4.98 Å². The predicted octanol–water partition coefficient (Wildman–Crippen LogP) is 3.12. The summed E-state index contributed by atoms with van der Waals surface area (Å²) in [6.45, 7) is 0.796. The molecule has 136 valence electrons. The van der Waals surface area contributed by atoms with E-state index in [0.717, 1.165) is 24.6 Å². The molecule has 2 aliphatic rings. The van der Waals surface area contributed by atoms with E-state index in [4.69, 9.17) is 0 Å². The Morgan fingerprint density at radius 2 is 2.00 bits per heavy atom. The Labute approximate surface area is 150 Å². The van der Waals surface area contributed by atoms with Crippen molar-refractivity contribution in [1.29, 1.82) is 0 Å². The van der Waals surface area contributed by atoms with Crippen LogP contribution < -0.4 is 0 Å². The van der Waals surface area contributed by atoms with Gasteiger partial charge in [0.25, 0.3) is 5.91 Å². The number of pyridine rings is 1. The van der Waals surface area contributed by atoms with Gasteiger partial charge in [0, 0.05) is 25.1 Å². The van der Waals surface area contributed by atoms with Crippen LogP contribution in [0.15, 0.2) is 42.6 Å². The Kier molecular flexibility index (Phi) is 4.23. The summed E-state index contributed by atoms with van der Waals surface area (Å²) in [6, 6.07) is 10.2. The van der Waals surface area contributed by atoms with Gasteiger partial charge in [-0.15, -0.1) is 0 Å². The largest absolute Gasteiger partial charge is 0.385 e. The van der Waals surface area contributed by atoms with Crippen LogP contribution in [0.2, 0.25) is 0 Å². The second kappa shape index (κ2) is 6.43. The van der Waals surface area contributed by atoms with Gasteiger partial charge < -0.3 is 10.0 Å². The van der Waals surface area contributed by atoms with Gasteiger partial charge in [0.1, 0.15) is 5.82 Å². The van der Waals surface area contributed by atoms with E-state index in [1.165, 1.54) is 4.90 Å². The average Bonchev–Trinajstić information content (AvgIpc) is 3.08. The fourth-order valence-electron chi connectivity index (χ4n) is 4.50. The van der Waals surface area contributed by atoms with Crippen LogP contribution in [0.3, 0.4) is 0 Å². The Bertz CT molecular complexity index is 830. The summed E-state index contributed by atoms with van der Waals surface area (Å²) < 4.78 is 27.0. The molecular weight excluding hydrogens is 338 g/mol. The molecule has 1 saturated carbocycles. The summed E-state index contributed by atoms with van der Waals surface area (Å²) in [5, 5.41) is 11.4. The zero-order chi connectivity index (χ0) is 18.3. The van der Waals surface area contributed by atoms with E-state index >= 15 is 0 Å². The maximum Gasteiger partial charge on any atom is 0.275 e. The number of rotatable bonds is 2. The molecule has 2 fully saturated rings. The van der Waals surface area contributed by atoms with Crippen molar-refractivity contribution in [2.75, 3.05) is 13.1 Å². The number of fused-ring (bicyclic) bond motifs is 1. The first-order valence-corrected chi connectivity index (χ1v) is 8.87. The van der Waals surface area contributed by atoms with Gasteiger partial charge in [0.15, 0.2) is 11.5 Å². The first-order chi connectivity index (χ1) is 12.5. The Balaban J connectivity index is 1.61. The quantitative estimate of drug-likeness (QED) is 0.897. The van der Waals surface area contributed by atoms with Crippen molar-refractivity contribution in [1.82, 2.24) is 9.88 Å². The lowest BCUT2D eigenvalue weighted by Crippen LogP contribution is -2.43. The molecule has 1 aromatic heterocycles. The molecule has 0 bridgehead atoms. The average molecular weight is 358 g/mol. The van der Waals surface area contributed by atoms with E-state index in [1.807, 2.05) is 30.3 Å². The highest BCUT2D eigenvalue weighted by molar-refractivity contribution is 5.92. The lowest BCUT2D eigenvalue weighted by atomic mass is 9.67. The number of hydrogen-bond acceptors (Lipinski definition) is 3. The van der Waals surface area contributed by atoms with E-state index in [0.29, 0.717) is 25.6 Å². The molecule has 1 amide bonds. The Morgan fingerprint density at radius 1 is 1.23 bits per heavy atom. The van der Waals surface area contributed by atoms with Crippen LogP contribution in [-0.4, -0.2) is 34.0 Å². The molecule has 1 N–H and O–H groups in total. The number of nitrogens with zero attached hydrogens (tertiary/aromatic N) is 2. The summed E-state index contributed by atoms with van der Waals surface area (Å²) >= 11 is 0. The molecule has 0 spiro atoms. The fourth-order valence-corrected chi connectivity index (χ4v) is 4.50.